The third kappa shape index (κ3) is 4.59. The summed E-state index contributed by atoms with van der Waals surface area (Å²) in [5.41, 5.74) is 1.01. The van der Waals surface area contributed by atoms with Crippen LogP contribution in [0.1, 0.15) is 50.5 Å². The average Bonchev–Trinajstić information content (AvgIpc) is 3.14. The van der Waals surface area contributed by atoms with Gasteiger partial charge in [0, 0.05) is 17.4 Å². The summed E-state index contributed by atoms with van der Waals surface area (Å²) in [7, 11) is 0. The van der Waals surface area contributed by atoms with Crippen molar-refractivity contribution in [3.05, 3.63) is 56.3 Å². The molecule has 1 aliphatic heterocycles. The monoisotopic (exact) mass is 402 g/mol. The van der Waals surface area contributed by atoms with E-state index in [0.29, 0.717) is 25.3 Å². The third-order valence-electron chi connectivity index (χ3n) is 4.99. The molecule has 1 aliphatic rings. The maximum atomic E-state index is 12.7. The number of hydrogen-bond acceptors (Lipinski definition) is 5. The molecule has 0 N–H and O–H groups in total. The summed E-state index contributed by atoms with van der Waals surface area (Å²) in [6.07, 6.45) is 1.95. The van der Waals surface area contributed by atoms with Crippen molar-refractivity contribution in [2.75, 3.05) is 11.5 Å². The smallest absolute Gasteiger partial charge is 0.293 e. The topological polar surface area (TPSA) is 72.7 Å². The van der Waals surface area contributed by atoms with Gasteiger partial charge in [-0.05, 0) is 41.3 Å². The Kier molecular flexibility index (Phi) is 6.15. The molecule has 3 rings (SSSR count). The lowest BCUT2D eigenvalue weighted by atomic mass is 9.86. The van der Waals surface area contributed by atoms with E-state index in [4.69, 9.17) is 4.74 Å². The number of rotatable bonds is 6. The maximum absolute atomic E-state index is 12.7. The lowest BCUT2D eigenvalue weighted by Gasteiger charge is -2.35. The predicted octanol–water partition coefficient (Wildman–Crippen LogP) is 5.06. The number of carbonyl (C=O) groups is 1. The number of amides is 1. The van der Waals surface area contributed by atoms with Gasteiger partial charge in [-0.2, -0.15) is 0 Å². The van der Waals surface area contributed by atoms with Crippen LogP contribution in [-0.2, 0) is 21.6 Å². The van der Waals surface area contributed by atoms with Crippen LogP contribution in [0.25, 0.3) is 0 Å². The molecular weight excluding hydrogens is 376 g/mol. The Bertz CT molecular complexity index is 843. The van der Waals surface area contributed by atoms with Gasteiger partial charge in [-0.1, -0.05) is 32.9 Å². The minimum Gasteiger partial charge on any atom is -0.374 e. The van der Waals surface area contributed by atoms with Crippen LogP contribution in [0.15, 0.2) is 35.7 Å². The van der Waals surface area contributed by atoms with Crippen molar-refractivity contribution in [2.24, 2.45) is 0 Å². The van der Waals surface area contributed by atoms with E-state index in [1.54, 1.807) is 28.4 Å². The molecule has 0 saturated carbocycles. The van der Waals surface area contributed by atoms with E-state index in [2.05, 4.69) is 0 Å². The molecule has 1 fully saturated rings. The highest BCUT2D eigenvalue weighted by atomic mass is 32.1. The third-order valence-corrected chi connectivity index (χ3v) is 5.84. The number of nitro benzene ring substituents is 1. The second kappa shape index (κ2) is 8.41. The molecule has 150 valence electrons. The first kappa shape index (κ1) is 20.5. The summed E-state index contributed by atoms with van der Waals surface area (Å²) < 4.78 is 5.84. The molecule has 0 spiro atoms. The quantitative estimate of drug-likeness (QED) is 0.500. The zero-order valence-electron chi connectivity index (χ0n) is 16.5. The Hall–Kier alpha value is -2.25. The van der Waals surface area contributed by atoms with E-state index in [1.807, 2.05) is 44.4 Å². The van der Waals surface area contributed by atoms with Gasteiger partial charge >= 0.3 is 0 Å². The van der Waals surface area contributed by atoms with Crippen LogP contribution in [0, 0.1) is 10.1 Å². The highest BCUT2D eigenvalue weighted by Gasteiger charge is 2.34. The van der Waals surface area contributed by atoms with Gasteiger partial charge in [0.05, 0.1) is 24.2 Å². The molecule has 2 heterocycles. The SMILES string of the molecule is CC(C)(C)c1ccc(N2C(=O)CCCC2COCc2cccs2)c([N+](=O)[O-])c1. The summed E-state index contributed by atoms with van der Waals surface area (Å²) in [4.78, 5) is 26.8. The summed E-state index contributed by atoms with van der Waals surface area (Å²) >= 11 is 1.62. The molecule has 1 aromatic heterocycles. The molecule has 2 aromatic rings. The standard InChI is InChI=1S/C21H26N2O4S/c1-21(2,3)15-9-10-18(19(12-15)23(25)26)22-16(6-4-8-20(22)24)13-27-14-17-7-5-11-28-17/h5,7,9-12,16H,4,6,8,13-14H2,1-3H3. The summed E-state index contributed by atoms with van der Waals surface area (Å²) in [6.45, 7) is 6.89. The van der Waals surface area contributed by atoms with Gasteiger partial charge in [0.15, 0.2) is 0 Å². The van der Waals surface area contributed by atoms with Crippen molar-refractivity contribution in [1.29, 1.82) is 0 Å². The number of hydrogen-bond donors (Lipinski definition) is 0. The fourth-order valence-corrected chi connectivity index (χ4v) is 4.10. The van der Waals surface area contributed by atoms with E-state index in [9.17, 15) is 14.9 Å². The molecule has 1 aromatic carbocycles. The minimum absolute atomic E-state index is 0.0223. The van der Waals surface area contributed by atoms with Gasteiger partial charge < -0.3 is 9.64 Å². The largest absolute Gasteiger partial charge is 0.374 e. The fraction of sp³-hybridized carbons (Fsp3) is 0.476. The summed E-state index contributed by atoms with van der Waals surface area (Å²) in [5, 5.41) is 13.8. The Morgan fingerprint density at radius 2 is 2.11 bits per heavy atom. The zero-order valence-corrected chi connectivity index (χ0v) is 17.3. The van der Waals surface area contributed by atoms with E-state index in [0.717, 1.165) is 23.3 Å². The van der Waals surface area contributed by atoms with Gasteiger partial charge in [-0.3, -0.25) is 14.9 Å². The van der Waals surface area contributed by atoms with Crippen molar-refractivity contribution in [1.82, 2.24) is 0 Å². The van der Waals surface area contributed by atoms with Gasteiger partial charge in [-0.25, -0.2) is 0 Å². The first-order chi connectivity index (χ1) is 13.3. The molecule has 28 heavy (non-hydrogen) atoms. The van der Waals surface area contributed by atoms with E-state index < -0.39 is 4.92 Å². The van der Waals surface area contributed by atoms with Crippen LogP contribution in [0.4, 0.5) is 11.4 Å². The van der Waals surface area contributed by atoms with Crippen LogP contribution in [0.5, 0.6) is 0 Å². The number of nitro groups is 1. The zero-order chi connectivity index (χ0) is 20.3. The van der Waals surface area contributed by atoms with E-state index >= 15 is 0 Å². The first-order valence-electron chi connectivity index (χ1n) is 9.48. The number of benzene rings is 1. The number of ether oxygens (including phenoxy) is 1. The second-order valence-electron chi connectivity index (χ2n) is 8.11. The molecule has 0 bridgehead atoms. The molecule has 1 amide bonds. The minimum atomic E-state index is -0.393. The molecule has 1 saturated heterocycles. The van der Waals surface area contributed by atoms with Crippen molar-refractivity contribution in [3.63, 3.8) is 0 Å². The number of carbonyl (C=O) groups excluding carboxylic acids is 1. The normalized spacial score (nSPS) is 17.8. The number of nitrogens with zero attached hydrogens (tertiary/aromatic N) is 2. The molecular formula is C21H26N2O4S. The molecule has 0 radical (unpaired) electrons. The maximum Gasteiger partial charge on any atom is 0.293 e. The number of thiophene rings is 1. The lowest BCUT2D eigenvalue weighted by Crippen LogP contribution is -2.46. The van der Waals surface area contributed by atoms with Gasteiger partial charge in [-0.15, -0.1) is 11.3 Å². The van der Waals surface area contributed by atoms with Crippen LogP contribution in [0.3, 0.4) is 0 Å². The first-order valence-corrected chi connectivity index (χ1v) is 10.4. The second-order valence-corrected chi connectivity index (χ2v) is 9.15. The van der Waals surface area contributed by atoms with E-state index in [1.165, 1.54) is 0 Å². The predicted molar refractivity (Wildman–Crippen MR) is 111 cm³/mol. The van der Waals surface area contributed by atoms with Crippen molar-refractivity contribution < 1.29 is 14.5 Å². The molecule has 6 nitrogen and oxygen atoms in total. The van der Waals surface area contributed by atoms with Crippen LogP contribution >= 0.6 is 11.3 Å². The van der Waals surface area contributed by atoms with Crippen LogP contribution < -0.4 is 4.90 Å². The average molecular weight is 403 g/mol. The summed E-state index contributed by atoms with van der Waals surface area (Å²) in [5.74, 6) is -0.0809. The van der Waals surface area contributed by atoms with E-state index in [-0.39, 0.29) is 23.1 Å². The molecule has 7 heteroatoms. The molecule has 1 unspecified atom stereocenters. The number of piperidine rings is 1. The van der Waals surface area contributed by atoms with Gasteiger partial charge in [0.1, 0.15) is 5.69 Å². The Morgan fingerprint density at radius 1 is 1.32 bits per heavy atom. The number of anilines is 1. The fourth-order valence-electron chi connectivity index (χ4n) is 3.46. The highest BCUT2D eigenvalue weighted by Crippen LogP contribution is 2.37. The van der Waals surface area contributed by atoms with Crippen molar-refractivity contribution in [2.45, 2.75) is 58.1 Å². The molecule has 0 aliphatic carbocycles. The Morgan fingerprint density at radius 3 is 2.75 bits per heavy atom. The Balaban J connectivity index is 1.86. The van der Waals surface area contributed by atoms with Crippen LogP contribution in [-0.4, -0.2) is 23.5 Å². The van der Waals surface area contributed by atoms with Gasteiger partial charge in [0.25, 0.3) is 5.69 Å². The van der Waals surface area contributed by atoms with Crippen LogP contribution in [0.2, 0.25) is 0 Å². The van der Waals surface area contributed by atoms with Crippen molar-refractivity contribution >= 4 is 28.6 Å². The van der Waals surface area contributed by atoms with Crippen molar-refractivity contribution in [3.8, 4) is 0 Å². The summed E-state index contributed by atoms with van der Waals surface area (Å²) in [6, 6.07) is 8.98. The highest BCUT2D eigenvalue weighted by molar-refractivity contribution is 7.09. The Labute approximate surface area is 169 Å². The molecule has 1 atom stereocenters. The lowest BCUT2D eigenvalue weighted by molar-refractivity contribution is -0.384. The van der Waals surface area contributed by atoms with Gasteiger partial charge in [0.2, 0.25) is 5.91 Å².